The van der Waals surface area contributed by atoms with E-state index in [1.807, 2.05) is 18.3 Å². The van der Waals surface area contributed by atoms with E-state index in [1.54, 1.807) is 19.1 Å². The van der Waals surface area contributed by atoms with E-state index in [2.05, 4.69) is 61.9 Å². The average molecular weight is 391 g/mol. The maximum absolute atomic E-state index is 11.8. The van der Waals surface area contributed by atoms with Crippen molar-refractivity contribution in [2.45, 2.75) is 46.6 Å². The molecule has 4 nitrogen and oxygen atoms in total. The normalized spacial score (nSPS) is 15.2. The van der Waals surface area contributed by atoms with Gasteiger partial charge in [0.25, 0.3) is 0 Å². The third kappa shape index (κ3) is 4.58. The predicted octanol–water partition coefficient (Wildman–Crippen LogP) is 6.03. The average Bonchev–Trinajstić information content (AvgIpc) is 2.70. The number of nitrogens with zero attached hydrogens (tertiary/aromatic N) is 2. The molecular weight excluding hydrogens is 360 g/mol. The quantitative estimate of drug-likeness (QED) is 0.447. The molecule has 0 unspecified atom stereocenters. The first-order valence-electron chi connectivity index (χ1n) is 10.3. The van der Waals surface area contributed by atoms with Crippen LogP contribution in [0.1, 0.15) is 62.5 Å². The van der Waals surface area contributed by atoms with E-state index >= 15 is 0 Å². The molecule has 0 fully saturated rings. The Morgan fingerprint density at radius 1 is 1.14 bits per heavy atom. The number of allylic oxidation sites excluding steroid dienone is 1. The van der Waals surface area contributed by atoms with E-state index < -0.39 is 0 Å². The number of rotatable bonds is 6. The van der Waals surface area contributed by atoms with E-state index in [9.17, 15) is 4.79 Å². The Kier molecular flexibility index (Phi) is 6.21. The molecule has 1 aliphatic rings. The van der Waals surface area contributed by atoms with Crippen molar-refractivity contribution in [3.8, 4) is 0 Å². The highest BCUT2D eigenvalue weighted by Crippen LogP contribution is 2.39. The summed E-state index contributed by atoms with van der Waals surface area (Å²) < 4.78 is 5.01. The van der Waals surface area contributed by atoms with Gasteiger partial charge in [0, 0.05) is 24.0 Å². The van der Waals surface area contributed by atoms with Crippen molar-refractivity contribution < 1.29 is 9.53 Å². The third-order valence-corrected chi connectivity index (χ3v) is 5.19. The van der Waals surface area contributed by atoms with Crippen molar-refractivity contribution >= 4 is 29.1 Å². The van der Waals surface area contributed by atoms with Crippen LogP contribution < -0.4 is 4.90 Å². The van der Waals surface area contributed by atoms with Crippen molar-refractivity contribution in [2.75, 3.05) is 18.1 Å². The van der Waals surface area contributed by atoms with Crippen LogP contribution in [0.3, 0.4) is 0 Å². The van der Waals surface area contributed by atoms with Crippen molar-refractivity contribution in [3.05, 3.63) is 65.2 Å². The minimum Gasteiger partial charge on any atom is -0.462 e. The number of fused-ring (bicyclic) bond motifs is 1. The number of hydrogen-bond acceptors (Lipinski definition) is 4. The number of esters is 1. The fourth-order valence-corrected chi connectivity index (χ4v) is 3.86. The summed E-state index contributed by atoms with van der Waals surface area (Å²) in [4.78, 5) is 18.8. The van der Waals surface area contributed by atoms with Gasteiger partial charge in [-0.15, -0.1) is 0 Å². The summed E-state index contributed by atoms with van der Waals surface area (Å²) in [6.07, 6.45) is 5.33. The first kappa shape index (κ1) is 20.8. The van der Waals surface area contributed by atoms with Gasteiger partial charge >= 0.3 is 5.97 Å². The summed E-state index contributed by atoms with van der Waals surface area (Å²) in [5.41, 5.74) is 6.26. The Bertz CT molecular complexity index is 940. The Morgan fingerprint density at radius 3 is 2.52 bits per heavy atom. The molecule has 152 valence electrons. The highest BCUT2D eigenvalue weighted by atomic mass is 16.5. The standard InChI is InChI=1S/C25H30N2O2/c1-6-14-27-23-13-8-19(15-22(23)18(3)16-25(27,4)5)17-26-21-11-9-20(10-12-21)24(28)29-7-2/h8-13,15-17H,6-7,14H2,1-5H3. The van der Waals surface area contributed by atoms with Gasteiger partial charge in [-0.1, -0.05) is 19.1 Å². The van der Waals surface area contributed by atoms with Crippen LogP contribution in [0.5, 0.6) is 0 Å². The molecule has 0 atom stereocenters. The van der Waals surface area contributed by atoms with Gasteiger partial charge < -0.3 is 9.64 Å². The van der Waals surface area contributed by atoms with Gasteiger partial charge in [-0.2, -0.15) is 0 Å². The summed E-state index contributed by atoms with van der Waals surface area (Å²) in [6.45, 7) is 12.1. The molecule has 0 N–H and O–H groups in total. The van der Waals surface area contributed by atoms with Crippen LogP contribution in [-0.4, -0.2) is 30.9 Å². The van der Waals surface area contributed by atoms with Gasteiger partial charge in [0.05, 0.1) is 23.4 Å². The monoisotopic (exact) mass is 390 g/mol. The molecule has 1 heterocycles. The number of aliphatic imine (C=N–C) groups is 1. The molecule has 0 saturated carbocycles. The first-order valence-corrected chi connectivity index (χ1v) is 10.3. The number of benzene rings is 2. The number of anilines is 1. The first-order chi connectivity index (χ1) is 13.9. The molecule has 0 spiro atoms. The molecule has 3 rings (SSSR count). The molecule has 0 aromatic heterocycles. The fourth-order valence-electron chi connectivity index (χ4n) is 3.86. The maximum Gasteiger partial charge on any atom is 0.338 e. The Balaban J connectivity index is 1.83. The highest BCUT2D eigenvalue weighted by molar-refractivity contribution is 5.91. The Morgan fingerprint density at radius 2 is 1.86 bits per heavy atom. The molecular formula is C25H30N2O2. The van der Waals surface area contributed by atoms with E-state index in [1.165, 1.54) is 16.8 Å². The van der Waals surface area contributed by atoms with Crippen molar-refractivity contribution in [1.29, 1.82) is 0 Å². The minimum atomic E-state index is -0.306. The van der Waals surface area contributed by atoms with E-state index in [0.29, 0.717) is 12.2 Å². The van der Waals surface area contributed by atoms with Gasteiger partial charge in [-0.3, -0.25) is 4.99 Å². The lowest BCUT2D eigenvalue weighted by Crippen LogP contribution is -2.45. The van der Waals surface area contributed by atoms with Crippen LogP contribution in [0.15, 0.2) is 53.5 Å². The fraction of sp³-hybridized carbons (Fsp3) is 0.360. The highest BCUT2D eigenvalue weighted by Gasteiger charge is 2.30. The molecule has 0 radical (unpaired) electrons. The van der Waals surface area contributed by atoms with Crippen molar-refractivity contribution in [2.24, 2.45) is 4.99 Å². The van der Waals surface area contributed by atoms with Crippen LogP contribution in [0.2, 0.25) is 0 Å². The topological polar surface area (TPSA) is 41.9 Å². The largest absolute Gasteiger partial charge is 0.462 e. The van der Waals surface area contributed by atoms with Crippen LogP contribution in [-0.2, 0) is 4.74 Å². The van der Waals surface area contributed by atoms with Crippen LogP contribution in [0.25, 0.3) is 5.57 Å². The predicted molar refractivity (Wildman–Crippen MR) is 121 cm³/mol. The van der Waals surface area contributed by atoms with E-state index in [0.717, 1.165) is 24.2 Å². The number of ether oxygens (including phenoxy) is 1. The maximum atomic E-state index is 11.8. The molecule has 0 amide bonds. The zero-order valence-electron chi connectivity index (χ0n) is 18.0. The second-order valence-electron chi connectivity index (χ2n) is 7.93. The SMILES string of the molecule is CCCN1c2ccc(C=Nc3ccc(C(=O)OCC)cc3)cc2C(C)=CC1(C)C. The lowest BCUT2D eigenvalue weighted by molar-refractivity contribution is 0.0526. The van der Waals surface area contributed by atoms with Crippen molar-refractivity contribution in [3.63, 3.8) is 0 Å². The van der Waals surface area contributed by atoms with E-state index in [4.69, 9.17) is 4.74 Å². The second kappa shape index (κ2) is 8.64. The number of carbonyl (C=O) groups is 1. The molecule has 1 aliphatic heterocycles. The van der Waals surface area contributed by atoms with Gasteiger partial charge in [-0.25, -0.2) is 4.79 Å². The Hall–Kier alpha value is -2.88. The van der Waals surface area contributed by atoms with Gasteiger partial charge in [0.2, 0.25) is 0 Å². The second-order valence-corrected chi connectivity index (χ2v) is 7.93. The lowest BCUT2D eigenvalue weighted by atomic mass is 9.88. The molecule has 0 bridgehead atoms. The third-order valence-electron chi connectivity index (χ3n) is 5.19. The number of hydrogen-bond donors (Lipinski definition) is 0. The summed E-state index contributed by atoms with van der Waals surface area (Å²) in [7, 11) is 0. The number of carbonyl (C=O) groups excluding carboxylic acids is 1. The van der Waals surface area contributed by atoms with E-state index in [-0.39, 0.29) is 11.5 Å². The molecule has 0 saturated heterocycles. The van der Waals surface area contributed by atoms with Gasteiger partial charge in [-0.05, 0) is 81.7 Å². The summed E-state index contributed by atoms with van der Waals surface area (Å²) in [5.74, 6) is -0.306. The van der Waals surface area contributed by atoms with Crippen LogP contribution >= 0.6 is 0 Å². The molecule has 2 aromatic carbocycles. The van der Waals surface area contributed by atoms with Crippen LogP contribution in [0.4, 0.5) is 11.4 Å². The molecule has 29 heavy (non-hydrogen) atoms. The Labute approximate surface area is 173 Å². The lowest BCUT2D eigenvalue weighted by Gasteiger charge is -2.43. The minimum absolute atomic E-state index is 0.0172. The summed E-state index contributed by atoms with van der Waals surface area (Å²) in [5, 5.41) is 0. The van der Waals surface area contributed by atoms with Crippen LogP contribution in [0, 0.1) is 0 Å². The molecule has 2 aromatic rings. The molecule has 4 heteroatoms. The summed E-state index contributed by atoms with van der Waals surface area (Å²) in [6, 6.07) is 13.7. The smallest absolute Gasteiger partial charge is 0.338 e. The van der Waals surface area contributed by atoms with Crippen molar-refractivity contribution in [1.82, 2.24) is 0 Å². The zero-order chi connectivity index (χ0) is 21.0. The summed E-state index contributed by atoms with van der Waals surface area (Å²) >= 11 is 0. The molecule has 0 aliphatic carbocycles. The van der Waals surface area contributed by atoms with Gasteiger partial charge in [0.1, 0.15) is 0 Å². The zero-order valence-corrected chi connectivity index (χ0v) is 18.0. The van der Waals surface area contributed by atoms with Gasteiger partial charge in [0.15, 0.2) is 0 Å².